The molecule has 1 heterocycles. The van der Waals surface area contributed by atoms with E-state index in [0.29, 0.717) is 24.2 Å². The van der Waals surface area contributed by atoms with E-state index >= 15 is 0 Å². The monoisotopic (exact) mass is 218 g/mol. The molecule has 2 rings (SSSR count). The minimum atomic E-state index is 0.0369. The van der Waals surface area contributed by atoms with E-state index in [1.807, 2.05) is 13.8 Å². The fourth-order valence-corrected chi connectivity index (χ4v) is 1.68. The van der Waals surface area contributed by atoms with Crippen molar-refractivity contribution in [2.45, 2.75) is 13.8 Å². The molecule has 2 aromatic rings. The van der Waals surface area contributed by atoms with Crippen molar-refractivity contribution >= 4 is 17.0 Å². The zero-order chi connectivity index (χ0) is 11.5. The van der Waals surface area contributed by atoms with E-state index < -0.39 is 0 Å². The van der Waals surface area contributed by atoms with Crippen LogP contribution in [0, 0.1) is 0 Å². The van der Waals surface area contributed by atoms with Crippen molar-refractivity contribution in [3.8, 4) is 0 Å². The average Bonchev–Trinajstić information content (AvgIpc) is 2.77. The lowest BCUT2D eigenvalue weighted by Gasteiger charge is -2.18. The summed E-state index contributed by atoms with van der Waals surface area (Å²) in [6.45, 7) is 5.37. The normalized spacial score (nSPS) is 10.6. The van der Waals surface area contributed by atoms with E-state index in [-0.39, 0.29) is 5.91 Å². The molecule has 1 aromatic heterocycles. The number of fused-ring (bicyclic) bond motifs is 1. The minimum absolute atomic E-state index is 0.0369. The van der Waals surface area contributed by atoms with Crippen LogP contribution in [-0.2, 0) is 0 Å². The summed E-state index contributed by atoms with van der Waals surface area (Å²) in [5.41, 5.74) is 2.08. The molecule has 1 aromatic carbocycles. The van der Waals surface area contributed by atoms with E-state index in [4.69, 9.17) is 4.42 Å². The predicted octanol–water partition coefficient (Wildman–Crippen LogP) is 2.31. The molecule has 0 radical (unpaired) electrons. The number of rotatable bonds is 3. The smallest absolute Gasteiger partial charge is 0.253 e. The highest BCUT2D eigenvalue weighted by atomic mass is 16.3. The molecule has 0 spiro atoms. The van der Waals surface area contributed by atoms with Crippen molar-refractivity contribution in [1.29, 1.82) is 0 Å². The highest BCUT2D eigenvalue weighted by Crippen LogP contribution is 2.15. The van der Waals surface area contributed by atoms with Crippen molar-refractivity contribution < 1.29 is 9.21 Å². The summed E-state index contributed by atoms with van der Waals surface area (Å²) in [4.78, 5) is 17.9. The van der Waals surface area contributed by atoms with Crippen LogP contribution in [0.1, 0.15) is 24.2 Å². The van der Waals surface area contributed by atoms with Gasteiger partial charge in [0.05, 0.1) is 0 Å². The maximum atomic E-state index is 12.0. The van der Waals surface area contributed by atoms with Gasteiger partial charge >= 0.3 is 0 Å². The first-order valence-corrected chi connectivity index (χ1v) is 5.38. The van der Waals surface area contributed by atoms with Gasteiger partial charge in [-0.1, -0.05) is 0 Å². The van der Waals surface area contributed by atoms with E-state index in [9.17, 15) is 4.79 Å². The Labute approximate surface area is 93.9 Å². The number of aromatic nitrogens is 1. The second-order valence-corrected chi connectivity index (χ2v) is 3.51. The maximum absolute atomic E-state index is 12.0. The summed E-state index contributed by atoms with van der Waals surface area (Å²) in [5, 5.41) is 0. The molecule has 0 aliphatic heterocycles. The lowest BCUT2D eigenvalue weighted by molar-refractivity contribution is 0.0773. The molecule has 0 aliphatic carbocycles. The first-order valence-electron chi connectivity index (χ1n) is 5.38. The van der Waals surface area contributed by atoms with Crippen LogP contribution in [0.15, 0.2) is 29.0 Å². The highest BCUT2D eigenvalue weighted by Gasteiger charge is 2.13. The molecule has 84 valence electrons. The second kappa shape index (κ2) is 4.35. The molecule has 0 fully saturated rings. The lowest BCUT2D eigenvalue weighted by atomic mass is 10.2. The Hall–Kier alpha value is -1.84. The zero-order valence-electron chi connectivity index (χ0n) is 9.43. The topological polar surface area (TPSA) is 46.3 Å². The molecular weight excluding hydrogens is 204 g/mol. The van der Waals surface area contributed by atoms with E-state index in [0.717, 1.165) is 5.52 Å². The minimum Gasteiger partial charge on any atom is -0.443 e. The van der Waals surface area contributed by atoms with Gasteiger partial charge in [0.15, 0.2) is 12.0 Å². The van der Waals surface area contributed by atoms with Gasteiger partial charge in [-0.25, -0.2) is 4.98 Å². The van der Waals surface area contributed by atoms with Gasteiger partial charge in [0.25, 0.3) is 5.91 Å². The third-order valence-electron chi connectivity index (χ3n) is 2.63. The number of carbonyl (C=O) groups is 1. The van der Waals surface area contributed by atoms with Crippen LogP contribution < -0.4 is 0 Å². The molecule has 0 N–H and O–H groups in total. The Morgan fingerprint density at radius 3 is 2.81 bits per heavy atom. The maximum Gasteiger partial charge on any atom is 0.253 e. The molecule has 0 unspecified atom stereocenters. The third-order valence-corrected chi connectivity index (χ3v) is 2.63. The number of hydrogen-bond acceptors (Lipinski definition) is 3. The Bertz CT molecular complexity index is 500. The molecule has 1 amide bonds. The molecule has 0 saturated carbocycles. The van der Waals surface area contributed by atoms with Crippen molar-refractivity contribution in [3.63, 3.8) is 0 Å². The predicted molar refractivity (Wildman–Crippen MR) is 61.3 cm³/mol. The number of benzene rings is 1. The van der Waals surface area contributed by atoms with Crippen LogP contribution >= 0.6 is 0 Å². The fraction of sp³-hybridized carbons (Fsp3) is 0.333. The number of oxazole rings is 1. The molecule has 0 aliphatic rings. The Morgan fingerprint density at radius 1 is 1.38 bits per heavy atom. The van der Waals surface area contributed by atoms with Crippen LogP contribution in [0.5, 0.6) is 0 Å². The van der Waals surface area contributed by atoms with Crippen LogP contribution in [0.3, 0.4) is 0 Å². The molecular formula is C12H14N2O2. The fourth-order valence-electron chi connectivity index (χ4n) is 1.68. The average molecular weight is 218 g/mol. The first-order chi connectivity index (χ1) is 7.76. The van der Waals surface area contributed by atoms with E-state index in [2.05, 4.69) is 4.98 Å². The summed E-state index contributed by atoms with van der Waals surface area (Å²) in [6.07, 6.45) is 1.39. The van der Waals surface area contributed by atoms with Crippen molar-refractivity contribution in [3.05, 3.63) is 30.2 Å². The number of hydrogen-bond donors (Lipinski definition) is 0. The van der Waals surface area contributed by atoms with Crippen LogP contribution in [0.25, 0.3) is 11.1 Å². The molecule has 4 heteroatoms. The van der Waals surface area contributed by atoms with Crippen LogP contribution in [0.2, 0.25) is 0 Å². The third kappa shape index (κ3) is 1.78. The van der Waals surface area contributed by atoms with Gasteiger partial charge < -0.3 is 9.32 Å². The van der Waals surface area contributed by atoms with Crippen molar-refractivity contribution in [2.24, 2.45) is 0 Å². The summed E-state index contributed by atoms with van der Waals surface area (Å²) in [7, 11) is 0. The van der Waals surface area contributed by atoms with E-state index in [1.54, 1.807) is 23.1 Å². The van der Waals surface area contributed by atoms with Gasteiger partial charge in [0.2, 0.25) is 0 Å². The molecule has 0 saturated heterocycles. The second-order valence-electron chi connectivity index (χ2n) is 3.51. The molecule has 16 heavy (non-hydrogen) atoms. The Balaban J connectivity index is 2.35. The van der Waals surface area contributed by atoms with Crippen molar-refractivity contribution in [1.82, 2.24) is 9.88 Å². The van der Waals surface area contributed by atoms with Gasteiger partial charge in [-0.05, 0) is 32.0 Å². The first kappa shape index (κ1) is 10.7. The van der Waals surface area contributed by atoms with Crippen molar-refractivity contribution in [2.75, 3.05) is 13.1 Å². The highest BCUT2D eigenvalue weighted by molar-refractivity contribution is 5.97. The van der Waals surface area contributed by atoms with Gasteiger partial charge in [-0.15, -0.1) is 0 Å². The largest absolute Gasteiger partial charge is 0.443 e. The molecule has 0 atom stereocenters. The number of carbonyl (C=O) groups excluding carboxylic acids is 1. The summed E-state index contributed by atoms with van der Waals surface area (Å²) >= 11 is 0. The standard InChI is InChI=1S/C12H14N2O2/c1-3-14(4-2)12(15)9-5-6-11-10(7-9)13-8-16-11/h5-8H,3-4H2,1-2H3. The Kier molecular flexibility index (Phi) is 2.90. The van der Waals surface area contributed by atoms with Gasteiger partial charge in [-0.2, -0.15) is 0 Å². The van der Waals surface area contributed by atoms with Gasteiger partial charge in [0.1, 0.15) is 5.52 Å². The van der Waals surface area contributed by atoms with Gasteiger partial charge in [0, 0.05) is 18.7 Å². The van der Waals surface area contributed by atoms with Gasteiger partial charge in [-0.3, -0.25) is 4.79 Å². The van der Waals surface area contributed by atoms with Crippen LogP contribution in [0.4, 0.5) is 0 Å². The SMILES string of the molecule is CCN(CC)C(=O)c1ccc2ocnc2c1. The quantitative estimate of drug-likeness (QED) is 0.794. The zero-order valence-corrected chi connectivity index (χ0v) is 9.43. The number of amides is 1. The van der Waals surface area contributed by atoms with E-state index in [1.165, 1.54) is 6.39 Å². The number of nitrogens with zero attached hydrogens (tertiary/aromatic N) is 2. The summed E-state index contributed by atoms with van der Waals surface area (Å²) < 4.78 is 5.13. The summed E-state index contributed by atoms with van der Waals surface area (Å²) in [6, 6.07) is 5.31. The van der Waals surface area contributed by atoms with Crippen LogP contribution in [-0.4, -0.2) is 28.9 Å². The molecule has 4 nitrogen and oxygen atoms in total. The summed E-state index contributed by atoms with van der Waals surface area (Å²) in [5.74, 6) is 0.0369. The molecule has 0 bridgehead atoms. The lowest BCUT2D eigenvalue weighted by Crippen LogP contribution is -2.30. The Morgan fingerprint density at radius 2 is 2.12 bits per heavy atom.